The lowest BCUT2D eigenvalue weighted by molar-refractivity contribution is 0.280. The molecule has 106 valence electrons. The van der Waals surface area contributed by atoms with Gasteiger partial charge in [-0.1, -0.05) is 19.3 Å². The van der Waals surface area contributed by atoms with Crippen LogP contribution < -0.4 is 15.2 Å². The topological polar surface area (TPSA) is 44.5 Å². The molecular weight excluding hydrogens is 238 g/mol. The van der Waals surface area contributed by atoms with E-state index in [2.05, 4.69) is 13.8 Å². The molecular formula is C16H25NO2. The van der Waals surface area contributed by atoms with Crippen LogP contribution in [0.5, 0.6) is 11.5 Å². The summed E-state index contributed by atoms with van der Waals surface area (Å²) in [5.41, 5.74) is 10.0. The van der Waals surface area contributed by atoms with Crippen molar-refractivity contribution < 1.29 is 9.47 Å². The van der Waals surface area contributed by atoms with Gasteiger partial charge in [0.25, 0.3) is 0 Å². The number of methoxy groups -OCH3 is 2. The van der Waals surface area contributed by atoms with E-state index >= 15 is 0 Å². The van der Waals surface area contributed by atoms with Crippen molar-refractivity contribution in [3.05, 3.63) is 22.8 Å². The Kier molecular flexibility index (Phi) is 4.04. The van der Waals surface area contributed by atoms with E-state index in [4.69, 9.17) is 15.2 Å². The monoisotopic (exact) mass is 263 g/mol. The molecule has 19 heavy (non-hydrogen) atoms. The van der Waals surface area contributed by atoms with Crippen LogP contribution in [0.15, 0.2) is 6.07 Å². The van der Waals surface area contributed by atoms with Crippen molar-refractivity contribution in [2.24, 2.45) is 5.73 Å². The number of benzene rings is 1. The zero-order valence-electron chi connectivity index (χ0n) is 12.5. The first-order chi connectivity index (χ1) is 9.03. The summed E-state index contributed by atoms with van der Waals surface area (Å²) in [6.45, 7) is 4.24. The summed E-state index contributed by atoms with van der Waals surface area (Å²) in [5, 5.41) is 0. The van der Waals surface area contributed by atoms with E-state index < -0.39 is 0 Å². The molecule has 1 aromatic carbocycles. The van der Waals surface area contributed by atoms with Crippen LogP contribution in [0.1, 0.15) is 48.8 Å². The predicted octanol–water partition coefficient (Wildman–Crippen LogP) is 3.44. The van der Waals surface area contributed by atoms with Crippen LogP contribution in [-0.4, -0.2) is 14.2 Å². The number of ether oxygens (including phenoxy) is 2. The lowest BCUT2D eigenvalue weighted by atomic mass is 9.74. The number of aryl methyl sites for hydroxylation is 1. The quantitative estimate of drug-likeness (QED) is 0.908. The van der Waals surface area contributed by atoms with Crippen LogP contribution in [0, 0.1) is 13.8 Å². The van der Waals surface area contributed by atoms with Crippen molar-refractivity contribution in [3.8, 4) is 11.5 Å². The minimum absolute atomic E-state index is 0.271. The third-order valence-electron chi connectivity index (χ3n) is 4.43. The predicted molar refractivity (Wildman–Crippen MR) is 78.0 cm³/mol. The van der Waals surface area contributed by atoms with Gasteiger partial charge in [-0.3, -0.25) is 0 Å². The van der Waals surface area contributed by atoms with E-state index in [0.29, 0.717) is 0 Å². The Morgan fingerprint density at radius 2 is 1.68 bits per heavy atom. The average Bonchev–Trinajstić information content (AvgIpc) is 2.41. The van der Waals surface area contributed by atoms with Gasteiger partial charge in [0.1, 0.15) is 0 Å². The van der Waals surface area contributed by atoms with Gasteiger partial charge in [0.2, 0.25) is 0 Å². The van der Waals surface area contributed by atoms with Crippen LogP contribution in [0.4, 0.5) is 0 Å². The lowest BCUT2D eigenvalue weighted by Crippen LogP contribution is -2.39. The maximum absolute atomic E-state index is 6.71. The van der Waals surface area contributed by atoms with Gasteiger partial charge in [-0.2, -0.15) is 0 Å². The molecule has 0 heterocycles. The van der Waals surface area contributed by atoms with Crippen LogP contribution in [-0.2, 0) is 5.54 Å². The molecule has 1 fully saturated rings. The fraction of sp³-hybridized carbons (Fsp3) is 0.625. The van der Waals surface area contributed by atoms with Gasteiger partial charge in [0.15, 0.2) is 11.5 Å². The van der Waals surface area contributed by atoms with E-state index in [1.807, 2.05) is 6.07 Å². The maximum Gasteiger partial charge on any atom is 0.166 e. The summed E-state index contributed by atoms with van der Waals surface area (Å²) in [6, 6.07) is 2.03. The Morgan fingerprint density at radius 1 is 1.05 bits per heavy atom. The van der Waals surface area contributed by atoms with Crippen LogP contribution >= 0.6 is 0 Å². The van der Waals surface area contributed by atoms with Crippen molar-refractivity contribution >= 4 is 0 Å². The summed E-state index contributed by atoms with van der Waals surface area (Å²) in [4.78, 5) is 0. The standard InChI is InChI=1S/C16H25NO2/c1-11-10-13(18-3)15(19-4)14(12(11)2)16(17)8-6-5-7-9-16/h10H,5-9,17H2,1-4H3. The molecule has 3 nitrogen and oxygen atoms in total. The Labute approximate surface area is 116 Å². The Morgan fingerprint density at radius 3 is 2.21 bits per heavy atom. The van der Waals surface area contributed by atoms with E-state index in [1.54, 1.807) is 14.2 Å². The minimum Gasteiger partial charge on any atom is -0.493 e. The number of nitrogens with two attached hydrogens (primary N) is 1. The van der Waals surface area contributed by atoms with Crippen LogP contribution in [0.2, 0.25) is 0 Å². The first-order valence-corrected chi connectivity index (χ1v) is 7.05. The van der Waals surface area contributed by atoms with Gasteiger partial charge in [-0.25, -0.2) is 0 Å². The smallest absolute Gasteiger partial charge is 0.166 e. The molecule has 1 aromatic rings. The van der Waals surface area contributed by atoms with E-state index in [9.17, 15) is 0 Å². The second-order valence-electron chi connectivity index (χ2n) is 5.65. The molecule has 0 bridgehead atoms. The van der Waals surface area contributed by atoms with Gasteiger partial charge in [-0.05, 0) is 43.9 Å². The van der Waals surface area contributed by atoms with Gasteiger partial charge < -0.3 is 15.2 Å². The second kappa shape index (κ2) is 5.41. The summed E-state index contributed by atoms with van der Waals surface area (Å²) in [7, 11) is 3.38. The molecule has 0 spiro atoms. The Bertz CT molecular complexity index is 462. The highest BCUT2D eigenvalue weighted by molar-refractivity contribution is 5.56. The SMILES string of the molecule is COc1cc(C)c(C)c(C2(N)CCCCC2)c1OC. The summed E-state index contributed by atoms with van der Waals surface area (Å²) >= 11 is 0. The zero-order valence-corrected chi connectivity index (χ0v) is 12.5. The van der Waals surface area contributed by atoms with Crippen molar-refractivity contribution in [1.29, 1.82) is 0 Å². The molecule has 2 rings (SSSR count). The summed E-state index contributed by atoms with van der Waals surface area (Å²) in [6.07, 6.45) is 5.71. The second-order valence-corrected chi connectivity index (χ2v) is 5.65. The first-order valence-electron chi connectivity index (χ1n) is 7.05. The van der Waals surface area contributed by atoms with Crippen molar-refractivity contribution in [2.45, 2.75) is 51.5 Å². The molecule has 0 atom stereocenters. The third kappa shape index (κ3) is 2.44. The Hall–Kier alpha value is -1.22. The molecule has 3 heteroatoms. The molecule has 1 saturated carbocycles. The van der Waals surface area contributed by atoms with Gasteiger partial charge in [0.05, 0.1) is 14.2 Å². The average molecular weight is 263 g/mol. The molecule has 0 saturated heterocycles. The lowest BCUT2D eigenvalue weighted by Gasteiger charge is -2.37. The van der Waals surface area contributed by atoms with Crippen LogP contribution in [0.3, 0.4) is 0 Å². The minimum atomic E-state index is -0.271. The van der Waals surface area contributed by atoms with E-state index in [-0.39, 0.29) is 5.54 Å². The highest BCUT2D eigenvalue weighted by Gasteiger charge is 2.35. The largest absolute Gasteiger partial charge is 0.493 e. The van der Waals surface area contributed by atoms with Gasteiger partial charge in [-0.15, -0.1) is 0 Å². The highest BCUT2D eigenvalue weighted by atomic mass is 16.5. The van der Waals surface area contributed by atoms with Crippen molar-refractivity contribution in [1.82, 2.24) is 0 Å². The molecule has 0 amide bonds. The molecule has 1 aliphatic rings. The Balaban J connectivity index is 2.62. The number of hydrogen-bond acceptors (Lipinski definition) is 3. The fourth-order valence-corrected chi connectivity index (χ4v) is 3.25. The van der Waals surface area contributed by atoms with Crippen molar-refractivity contribution in [3.63, 3.8) is 0 Å². The van der Waals surface area contributed by atoms with Gasteiger partial charge in [0, 0.05) is 11.1 Å². The first kappa shape index (κ1) is 14.2. The highest BCUT2D eigenvalue weighted by Crippen LogP contribution is 2.45. The van der Waals surface area contributed by atoms with Crippen LogP contribution in [0.25, 0.3) is 0 Å². The van der Waals surface area contributed by atoms with E-state index in [1.165, 1.54) is 30.4 Å². The molecule has 1 aliphatic carbocycles. The molecule has 2 N–H and O–H groups in total. The number of rotatable bonds is 3. The van der Waals surface area contributed by atoms with E-state index in [0.717, 1.165) is 29.9 Å². The third-order valence-corrected chi connectivity index (χ3v) is 4.43. The molecule has 0 unspecified atom stereocenters. The fourth-order valence-electron chi connectivity index (χ4n) is 3.25. The summed E-state index contributed by atoms with van der Waals surface area (Å²) < 4.78 is 11.1. The molecule has 0 radical (unpaired) electrons. The molecule has 0 aromatic heterocycles. The zero-order chi connectivity index (χ0) is 14.0. The normalized spacial score (nSPS) is 18.2. The maximum atomic E-state index is 6.71. The summed E-state index contributed by atoms with van der Waals surface area (Å²) in [5.74, 6) is 1.60. The molecule has 0 aliphatic heterocycles. The van der Waals surface area contributed by atoms with Crippen molar-refractivity contribution in [2.75, 3.05) is 14.2 Å². The number of hydrogen-bond donors (Lipinski definition) is 1. The van der Waals surface area contributed by atoms with Gasteiger partial charge >= 0.3 is 0 Å².